The van der Waals surface area contributed by atoms with Gasteiger partial charge in [-0.25, -0.2) is 9.97 Å². The molecule has 0 spiro atoms. The molecule has 9 heteroatoms. The highest BCUT2D eigenvalue weighted by Gasteiger charge is 2.44. The van der Waals surface area contributed by atoms with Gasteiger partial charge in [-0.05, 0) is 6.26 Å². The van der Waals surface area contributed by atoms with Crippen LogP contribution in [0.5, 0.6) is 0 Å². The molecule has 1 aliphatic rings. The van der Waals surface area contributed by atoms with Gasteiger partial charge in [0.1, 0.15) is 36.1 Å². The van der Waals surface area contributed by atoms with Crippen LogP contribution in [0.2, 0.25) is 0 Å². The molecule has 2 aromatic heterocycles. The lowest BCUT2D eigenvalue weighted by molar-refractivity contribution is -0.0510. The lowest BCUT2D eigenvalue weighted by Gasteiger charge is -2.17. The van der Waals surface area contributed by atoms with E-state index in [4.69, 9.17) is 10.5 Å². The SMILES string of the molecule is CSc1cn([C@@H]2O[C@H](CO)[C@@H](O)[C@H]2O)c2ncnc(N)c12. The zero-order valence-corrected chi connectivity index (χ0v) is 12.1. The van der Waals surface area contributed by atoms with Gasteiger partial charge in [0.05, 0.1) is 12.0 Å². The number of aromatic nitrogens is 3. The molecule has 3 heterocycles. The van der Waals surface area contributed by atoms with Crippen LogP contribution in [0.15, 0.2) is 17.4 Å². The summed E-state index contributed by atoms with van der Waals surface area (Å²) in [4.78, 5) is 9.01. The fourth-order valence-electron chi connectivity index (χ4n) is 2.53. The predicted molar refractivity (Wildman–Crippen MR) is 76.7 cm³/mol. The maximum atomic E-state index is 10.1. The van der Waals surface area contributed by atoms with Crippen molar-refractivity contribution in [3.05, 3.63) is 12.5 Å². The van der Waals surface area contributed by atoms with E-state index in [2.05, 4.69) is 9.97 Å². The Labute approximate surface area is 124 Å². The molecule has 3 rings (SSSR count). The summed E-state index contributed by atoms with van der Waals surface area (Å²) in [7, 11) is 0. The number of aliphatic hydroxyl groups is 3. The molecular weight excluding hydrogens is 296 g/mol. The Kier molecular flexibility index (Phi) is 3.76. The smallest absolute Gasteiger partial charge is 0.164 e. The molecule has 0 radical (unpaired) electrons. The Morgan fingerprint density at radius 1 is 1.38 bits per heavy atom. The Morgan fingerprint density at radius 3 is 2.76 bits per heavy atom. The molecule has 1 fully saturated rings. The minimum Gasteiger partial charge on any atom is -0.394 e. The second-order valence-electron chi connectivity index (χ2n) is 4.79. The van der Waals surface area contributed by atoms with E-state index in [-0.39, 0.29) is 6.61 Å². The summed E-state index contributed by atoms with van der Waals surface area (Å²) in [5.74, 6) is 0.342. The number of aliphatic hydroxyl groups excluding tert-OH is 3. The van der Waals surface area contributed by atoms with E-state index in [1.165, 1.54) is 18.1 Å². The van der Waals surface area contributed by atoms with Gasteiger partial charge < -0.3 is 30.4 Å². The molecule has 0 bridgehead atoms. The highest BCUT2D eigenvalue weighted by Crippen LogP contribution is 2.37. The molecule has 5 N–H and O–H groups in total. The van der Waals surface area contributed by atoms with Crippen LogP contribution in [0.4, 0.5) is 5.82 Å². The van der Waals surface area contributed by atoms with E-state index < -0.39 is 24.5 Å². The number of ether oxygens (including phenoxy) is 1. The molecule has 21 heavy (non-hydrogen) atoms. The van der Waals surface area contributed by atoms with Gasteiger partial charge in [0.15, 0.2) is 6.23 Å². The van der Waals surface area contributed by atoms with E-state index >= 15 is 0 Å². The second kappa shape index (κ2) is 5.43. The summed E-state index contributed by atoms with van der Waals surface area (Å²) in [6.45, 7) is -0.375. The van der Waals surface area contributed by atoms with Crippen molar-refractivity contribution in [1.29, 1.82) is 0 Å². The monoisotopic (exact) mass is 312 g/mol. The zero-order valence-electron chi connectivity index (χ0n) is 11.2. The number of hydrogen-bond acceptors (Lipinski definition) is 8. The van der Waals surface area contributed by atoms with Crippen molar-refractivity contribution in [2.45, 2.75) is 29.4 Å². The van der Waals surface area contributed by atoms with Gasteiger partial charge in [0.25, 0.3) is 0 Å². The number of rotatable bonds is 3. The number of nitrogen functional groups attached to an aromatic ring is 1. The molecule has 8 nitrogen and oxygen atoms in total. The number of fused-ring (bicyclic) bond motifs is 1. The van der Waals surface area contributed by atoms with Crippen molar-refractivity contribution in [3.8, 4) is 0 Å². The minimum absolute atomic E-state index is 0.342. The summed E-state index contributed by atoms with van der Waals surface area (Å²) < 4.78 is 7.14. The van der Waals surface area contributed by atoms with Crippen molar-refractivity contribution < 1.29 is 20.1 Å². The van der Waals surface area contributed by atoms with E-state index in [0.29, 0.717) is 16.9 Å². The molecule has 0 unspecified atom stereocenters. The van der Waals surface area contributed by atoms with Crippen LogP contribution in [0.1, 0.15) is 6.23 Å². The minimum atomic E-state index is -1.16. The topological polar surface area (TPSA) is 127 Å². The average molecular weight is 312 g/mol. The average Bonchev–Trinajstić information content (AvgIpc) is 2.99. The van der Waals surface area contributed by atoms with Crippen LogP contribution < -0.4 is 5.73 Å². The first-order chi connectivity index (χ1) is 10.1. The third-order valence-corrected chi connectivity index (χ3v) is 4.36. The molecule has 1 saturated heterocycles. The number of thioether (sulfide) groups is 1. The van der Waals surface area contributed by atoms with Crippen LogP contribution in [0.25, 0.3) is 11.0 Å². The molecule has 114 valence electrons. The third kappa shape index (κ3) is 2.17. The molecule has 0 aromatic carbocycles. The van der Waals surface area contributed by atoms with Crippen LogP contribution in [0.3, 0.4) is 0 Å². The normalized spacial score (nSPS) is 29.3. The Bertz CT molecular complexity index is 664. The fraction of sp³-hybridized carbons (Fsp3) is 0.500. The standard InChI is InChI=1S/C12H16N4O4S/c1-21-6-2-16(11-7(6)10(13)14-4-15-11)12-9(19)8(18)5(3-17)20-12/h2,4-5,8-9,12,17-19H,3H2,1H3,(H2,13,14,15)/t5-,8-,9-,12-/m1/s1. The summed E-state index contributed by atoms with van der Waals surface area (Å²) in [5, 5.41) is 29.9. The maximum Gasteiger partial charge on any atom is 0.164 e. The fourth-order valence-corrected chi connectivity index (χ4v) is 3.15. The van der Waals surface area contributed by atoms with Gasteiger partial charge in [-0.2, -0.15) is 0 Å². The summed E-state index contributed by atoms with van der Waals surface area (Å²) in [6.07, 6.45) is 0.982. The van der Waals surface area contributed by atoms with Crippen molar-refractivity contribution in [2.24, 2.45) is 0 Å². The molecule has 2 aromatic rings. The molecule has 0 amide bonds. The van der Waals surface area contributed by atoms with Crippen LogP contribution >= 0.6 is 11.8 Å². The summed E-state index contributed by atoms with van der Waals surface area (Å²) >= 11 is 1.47. The molecule has 1 aliphatic heterocycles. The van der Waals surface area contributed by atoms with Crippen LogP contribution in [-0.4, -0.2) is 61.0 Å². The summed E-state index contributed by atoms with van der Waals surface area (Å²) in [6, 6.07) is 0. The Morgan fingerprint density at radius 2 is 2.14 bits per heavy atom. The van der Waals surface area contributed by atoms with Crippen molar-refractivity contribution in [3.63, 3.8) is 0 Å². The Hall–Kier alpha value is -1.39. The van der Waals surface area contributed by atoms with Crippen LogP contribution in [-0.2, 0) is 4.74 Å². The second-order valence-corrected chi connectivity index (χ2v) is 5.64. The lowest BCUT2D eigenvalue weighted by Crippen LogP contribution is -2.33. The molecule has 4 atom stereocenters. The van der Waals surface area contributed by atoms with Gasteiger partial charge in [-0.1, -0.05) is 0 Å². The maximum absolute atomic E-state index is 10.1. The Balaban J connectivity index is 2.11. The van der Waals surface area contributed by atoms with Gasteiger partial charge in [-0.15, -0.1) is 11.8 Å². The number of anilines is 1. The highest BCUT2D eigenvalue weighted by molar-refractivity contribution is 7.98. The van der Waals surface area contributed by atoms with E-state index in [9.17, 15) is 15.3 Å². The van der Waals surface area contributed by atoms with Gasteiger partial charge in [-0.3, -0.25) is 0 Å². The van der Waals surface area contributed by atoms with E-state index in [0.717, 1.165) is 4.90 Å². The van der Waals surface area contributed by atoms with Crippen LogP contribution in [0, 0.1) is 0 Å². The van der Waals surface area contributed by atoms with E-state index in [1.54, 1.807) is 10.8 Å². The van der Waals surface area contributed by atoms with Gasteiger partial charge >= 0.3 is 0 Å². The van der Waals surface area contributed by atoms with Crippen molar-refractivity contribution in [2.75, 3.05) is 18.6 Å². The largest absolute Gasteiger partial charge is 0.394 e. The van der Waals surface area contributed by atoms with E-state index in [1.807, 2.05) is 6.26 Å². The number of nitrogens with zero attached hydrogens (tertiary/aromatic N) is 3. The molecule has 0 saturated carbocycles. The van der Waals surface area contributed by atoms with Gasteiger partial charge in [0, 0.05) is 11.1 Å². The first-order valence-corrected chi connectivity index (χ1v) is 7.58. The van der Waals surface area contributed by atoms with Gasteiger partial charge in [0.2, 0.25) is 0 Å². The number of hydrogen-bond donors (Lipinski definition) is 4. The molecule has 0 aliphatic carbocycles. The highest BCUT2D eigenvalue weighted by atomic mass is 32.2. The molecular formula is C12H16N4O4S. The number of nitrogens with two attached hydrogens (primary N) is 1. The zero-order chi connectivity index (χ0) is 15.1. The first-order valence-electron chi connectivity index (χ1n) is 6.36. The van der Waals surface area contributed by atoms with Crippen molar-refractivity contribution >= 4 is 28.6 Å². The first kappa shape index (κ1) is 14.5. The quantitative estimate of drug-likeness (QED) is 0.551. The predicted octanol–water partition coefficient (Wildman–Crippen LogP) is -0.653. The summed E-state index contributed by atoms with van der Waals surface area (Å²) in [5.41, 5.74) is 6.41. The lowest BCUT2D eigenvalue weighted by atomic mass is 10.1. The van der Waals surface area contributed by atoms with Crippen molar-refractivity contribution in [1.82, 2.24) is 14.5 Å². The third-order valence-electron chi connectivity index (χ3n) is 3.62.